The fourth-order valence-electron chi connectivity index (χ4n) is 5.44. The van der Waals surface area contributed by atoms with Crippen LogP contribution in [0.4, 0.5) is 4.79 Å². The molecule has 0 aliphatic carbocycles. The lowest BCUT2D eigenvalue weighted by Crippen LogP contribution is -2.56. The van der Waals surface area contributed by atoms with E-state index in [1.54, 1.807) is 43.6 Å². The Morgan fingerprint density at radius 2 is 1.79 bits per heavy atom. The van der Waals surface area contributed by atoms with Gasteiger partial charge < -0.3 is 19.8 Å². The number of piperazine rings is 1. The molecule has 1 aliphatic rings. The second-order valence-electron chi connectivity index (χ2n) is 10.3. The molecule has 1 atom stereocenters. The number of aliphatic hydroxyl groups is 1. The average Bonchev–Trinajstić information content (AvgIpc) is 3.59. The number of benzene rings is 2. The van der Waals surface area contributed by atoms with Gasteiger partial charge in [-0.05, 0) is 49.4 Å². The van der Waals surface area contributed by atoms with E-state index in [4.69, 9.17) is 9.72 Å². The van der Waals surface area contributed by atoms with Gasteiger partial charge in [0.2, 0.25) is 0 Å². The molecule has 0 saturated carbocycles. The molecule has 6 rings (SSSR count). The van der Waals surface area contributed by atoms with Gasteiger partial charge in [-0.1, -0.05) is 17.7 Å². The largest absolute Gasteiger partial charge is 0.497 e. The van der Waals surface area contributed by atoms with Crippen molar-refractivity contribution in [3.05, 3.63) is 78.4 Å². The van der Waals surface area contributed by atoms with E-state index in [9.17, 15) is 23.4 Å². The molecule has 1 unspecified atom stereocenters. The van der Waals surface area contributed by atoms with Crippen molar-refractivity contribution in [2.75, 3.05) is 33.4 Å². The van der Waals surface area contributed by atoms with Gasteiger partial charge in [-0.2, -0.15) is 0 Å². The second kappa shape index (κ2) is 10.7. The van der Waals surface area contributed by atoms with Gasteiger partial charge in [0.1, 0.15) is 11.6 Å². The van der Waals surface area contributed by atoms with Crippen molar-refractivity contribution < 1.29 is 28.2 Å². The molecule has 1 aliphatic heterocycles. The van der Waals surface area contributed by atoms with Crippen LogP contribution in [0.25, 0.3) is 27.9 Å². The van der Waals surface area contributed by atoms with Crippen LogP contribution in [0, 0.1) is 6.92 Å². The highest BCUT2D eigenvalue weighted by molar-refractivity contribution is 7.90. The maximum atomic E-state index is 13.6. The van der Waals surface area contributed by atoms with Gasteiger partial charge in [0, 0.05) is 31.4 Å². The first-order chi connectivity index (χ1) is 20.2. The van der Waals surface area contributed by atoms with Crippen LogP contribution in [0.3, 0.4) is 0 Å². The Balaban J connectivity index is 1.48. The number of amides is 1. The predicted molar refractivity (Wildman–Crippen MR) is 155 cm³/mol. The van der Waals surface area contributed by atoms with Crippen LogP contribution >= 0.6 is 0 Å². The van der Waals surface area contributed by atoms with Gasteiger partial charge in [-0.25, -0.2) is 27.2 Å². The van der Waals surface area contributed by atoms with E-state index in [1.807, 2.05) is 40.5 Å². The summed E-state index contributed by atoms with van der Waals surface area (Å²) in [6, 6.07) is 15.3. The van der Waals surface area contributed by atoms with E-state index in [0.717, 1.165) is 11.1 Å². The van der Waals surface area contributed by atoms with Gasteiger partial charge in [-0.15, -0.1) is 0 Å². The summed E-state index contributed by atoms with van der Waals surface area (Å²) in [6.45, 7) is 2.97. The number of methoxy groups -OCH3 is 1. The van der Waals surface area contributed by atoms with Crippen LogP contribution in [-0.4, -0.2) is 92.3 Å². The fraction of sp³-hybridized carbons (Fsp3) is 0.276. The Bertz CT molecular complexity index is 1880. The quantitative estimate of drug-likeness (QED) is 0.292. The summed E-state index contributed by atoms with van der Waals surface area (Å²) >= 11 is 0. The van der Waals surface area contributed by atoms with E-state index in [2.05, 4.69) is 4.98 Å². The first kappa shape index (κ1) is 27.7. The summed E-state index contributed by atoms with van der Waals surface area (Å²) in [5.74, 6) is 1.34. The number of aromatic nitrogens is 4. The molecule has 218 valence electrons. The zero-order valence-corrected chi connectivity index (χ0v) is 23.9. The van der Waals surface area contributed by atoms with Crippen molar-refractivity contribution >= 4 is 32.8 Å². The molecule has 3 aromatic heterocycles. The first-order valence-corrected chi connectivity index (χ1v) is 14.8. The second-order valence-corrected chi connectivity index (χ2v) is 12.1. The molecule has 12 nitrogen and oxygen atoms in total. The van der Waals surface area contributed by atoms with Crippen LogP contribution in [-0.2, 0) is 16.6 Å². The minimum absolute atomic E-state index is 0.156. The summed E-state index contributed by atoms with van der Waals surface area (Å²) in [5, 5.41) is 19.4. The molecule has 2 aromatic carbocycles. The zero-order valence-electron chi connectivity index (χ0n) is 23.1. The molecule has 42 heavy (non-hydrogen) atoms. The number of aryl methyl sites for hydroxylation is 1. The van der Waals surface area contributed by atoms with Crippen LogP contribution in [0.2, 0.25) is 0 Å². The van der Waals surface area contributed by atoms with Crippen LogP contribution in [0.15, 0.2) is 71.9 Å². The highest BCUT2D eigenvalue weighted by atomic mass is 32.2. The van der Waals surface area contributed by atoms with Gasteiger partial charge in [-0.3, -0.25) is 9.30 Å². The number of hydrogen-bond donors (Lipinski definition) is 2. The normalized spacial score (nSPS) is 16.4. The zero-order chi connectivity index (χ0) is 29.6. The molecule has 0 radical (unpaired) electrons. The van der Waals surface area contributed by atoms with Crippen molar-refractivity contribution in [2.24, 2.45) is 0 Å². The van der Waals surface area contributed by atoms with Crippen molar-refractivity contribution in [3.63, 3.8) is 0 Å². The van der Waals surface area contributed by atoms with E-state index in [1.165, 1.54) is 15.1 Å². The van der Waals surface area contributed by atoms with E-state index < -0.39 is 22.2 Å². The van der Waals surface area contributed by atoms with Crippen molar-refractivity contribution in [3.8, 4) is 17.0 Å². The Morgan fingerprint density at radius 3 is 2.45 bits per heavy atom. The predicted octanol–water partition coefficient (Wildman–Crippen LogP) is 3.06. The Labute approximate surface area is 242 Å². The smallest absolute Gasteiger partial charge is 0.407 e. The molecular weight excluding hydrogens is 560 g/mol. The molecule has 1 amide bonds. The third kappa shape index (κ3) is 4.74. The molecule has 1 fully saturated rings. The monoisotopic (exact) mass is 590 g/mol. The molecule has 2 N–H and O–H groups in total. The first-order valence-electron chi connectivity index (χ1n) is 13.4. The molecule has 0 bridgehead atoms. The van der Waals surface area contributed by atoms with E-state index in [-0.39, 0.29) is 23.7 Å². The third-order valence-electron chi connectivity index (χ3n) is 7.67. The van der Waals surface area contributed by atoms with Crippen molar-refractivity contribution in [1.29, 1.82) is 0 Å². The number of nitrogens with zero attached hydrogens (tertiary/aromatic N) is 6. The number of aliphatic hydroxyl groups excluding tert-OH is 1. The van der Waals surface area contributed by atoms with Gasteiger partial charge in [0.25, 0.3) is 10.0 Å². The average molecular weight is 591 g/mol. The number of hydrogen-bond acceptors (Lipinski definition) is 8. The number of ether oxygens (including phenoxy) is 1. The highest BCUT2D eigenvalue weighted by Crippen LogP contribution is 2.31. The molecular formula is C29H30N6O6S. The topological polar surface area (TPSA) is 142 Å². The summed E-state index contributed by atoms with van der Waals surface area (Å²) in [7, 11) is -2.32. The molecule has 4 heterocycles. The Kier molecular flexibility index (Phi) is 7.09. The molecule has 0 spiro atoms. The summed E-state index contributed by atoms with van der Waals surface area (Å²) in [5.41, 5.74) is 3.96. The molecule has 5 aromatic rings. The lowest BCUT2D eigenvalue weighted by molar-refractivity contribution is 0.0378. The maximum absolute atomic E-state index is 13.6. The minimum atomic E-state index is -3.92. The number of rotatable bonds is 7. The number of carboxylic acid groups (broad SMARTS) is 1. The number of imidazole rings is 1. The SMILES string of the molecule is COc1ccc(-c2nc(CN3CCN(C(=O)O)C(CO)C3)n3c2cnc2c3ccn2S(=O)(=O)c2ccc(C)cc2)cc1. The van der Waals surface area contributed by atoms with E-state index >= 15 is 0 Å². The highest BCUT2D eigenvalue weighted by Gasteiger charge is 2.31. The van der Waals surface area contributed by atoms with E-state index in [0.29, 0.717) is 47.9 Å². The summed E-state index contributed by atoms with van der Waals surface area (Å²) < 4.78 is 35.6. The maximum Gasteiger partial charge on any atom is 0.407 e. The summed E-state index contributed by atoms with van der Waals surface area (Å²) in [4.78, 5) is 24.7. The van der Waals surface area contributed by atoms with Crippen molar-refractivity contribution in [1.82, 2.24) is 28.1 Å². The lowest BCUT2D eigenvalue weighted by atomic mass is 10.1. The fourth-order valence-corrected chi connectivity index (χ4v) is 6.74. The van der Waals surface area contributed by atoms with Crippen LogP contribution in [0.5, 0.6) is 5.75 Å². The number of carbonyl (C=O) groups is 1. The Morgan fingerprint density at radius 1 is 1.05 bits per heavy atom. The minimum Gasteiger partial charge on any atom is -0.497 e. The standard InChI is InChI=1S/C29H30N6O6S/c1-19-3-9-23(10-4-19)42(39,40)34-12-11-24-28(34)30-15-25-27(20-5-7-22(41-2)8-6-20)31-26(35(24)25)17-32-13-14-33(29(37)38)21(16-32)18-36/h3-12,15,21,36H,13-14,16-18H2,1-2H3,(H,37,38). The summed E-state index contributed by atoms with van der Waals surface area (Å²) in [6.07, 6.45) is 2.06. The third-order valence-corrected chi connectivity index (χ3v) is 9.35. The lowest BCUT2D eigenvalue weighted by Gasteiger charge is -2.38. The van der Waals surface area contributed by atoms with Gasteiger partial charge in [0.05, 0.1) is 54.1 Å². The van der Waals surface area contributed by atoms with Gasteiger partial charge >= 0.3 is 6.09 Å². The van der Waals surface area contributed by atoms with Gasteiger partial charge in [0.15, 0.2) is 5.65 Å². The number of fused-ring (bicyclic) bond motifs is 3. The van der Waals surface area contributed by atoms with Crippen LogP contribution < -0.4 is 4.74 Å². The Hall–Kier alpha value is -4.46. The van der Waals surface area contributed by atoms with Crippen molar-refractivity contribution in [2.45, 2.75) is 24.4 Å². The molecule has 13 heteroatoms. The molecule has 1 saturated heterocycles. The van der Waals surface area contributed by atoms with Crippen LogP contribution in [0.1, 0.15) is 11.4 Å².